The third kappa shape index (κ3) is 2.73. The van der Waals surface area contributed by atoms with Gasteiger partial charge >= 0.3 is 0 Å². The lowest BCUT2D eigenvalue weighted by molar-refractivity contribution is 0.160. The van der Waals surface area contributed by atoms with E-state index in [0.717, 1.165) is 18.1 Å². The molecule has 1 N–H and O–H groups in total. The van der Waals surface area contributed by atoms with Gasteiger partial charge in [0.1, 0.15) is 0 Å². The lowest BCUT2D eigenvalue weighted by Gasteiger charge is -2.36. The summed E-state index contributed by atoms with van der Waals surface area (Å²) in [6.45, 7) is 9.89. The van der Waals surface area contributed by atoms with Crippen LogP contribution in [0.2, 0.25) is 0 Å². The summed E-state index contributed by atoms with van der Waals surface area (Å²) >= 11 is 0. The maximum Gasteiger partial charge on any atom is 0.0209 e. The second-order valence-electron chi connectivity index (χ2n) is 6.79. The molecule has 3 atom stereocenters. The Morgan fingerprint density at radius 3 is 2.61 bits per heavy atom. The Bertz CT molecular complexity index is 279. The van der Waals surface area contributed by atoms with Gasteiger partial charge in [-0.2, -0.15) is 0 Å². The fourth-order valence-electron chi connectivity index (χ4n) is 4.10. The maximum atomic E-state index is 3.95. The van der Waals surface area contributed by atoms with Gasteiger partial charge < -0.3 is 10.2 Å². The zero-order chi connectivity index (χ0) is 12.5. The molecule has 3 heterocycles. The molecule has 0 aliphatic carbocycles. The molecule has 0 radical (unpaired) electrons. The van der Waals surface area contributed by atoms with E-state index in [1.54, 1.807) is 0 Å². The van der Waals surface area contributed by atoms with Crippen LogP contribution in [0, 0.1) is 0 Å². The predicted octanol–water partition coefficient (Wildman–Crippen LogP) is 1.69. The fraction of sp³-hybridized carbons (Fsp3) is 1.00. The van der Waals surface area contributed by atoms with Crippen molar-refractivity contribution >= 4 is 0 Å². The molecule has 3 unspecified atom stereocenters. The minimum Gasteiger partial charge on any atom is -0.310 e. The van der Waals surface area contributed by atoms with Crippen LogP contribution in [0.3, 0.4) is 0 Å². The summed E-state index contributed by atoms with van der Waals surface area (Å²) in [5.41, 5.74) is 0. The van der Waals surface area contributed by atoms with Gasteiger partial charge in [-0.1, -0.05) is 0 Å². The summed E-state index contributed by atoms with van der Waals surface area (Å²) in [6.07, 6.45) is 7.00. The summed E-state index contributed by atoms with van der Waals surface area (Å²) in [5, 5.41) is 3.95. The molecule has 0 saturated carbocycles. The van der Waals surface area contributed by atoms with Crippen LogP contribution in [-0.2, 0) is 0 Å². The summed E-state index contributed by atoms with van der Waals surface area (Å²) in [7, 11) is 0. The van der Waals surface area contributed by atoms with Crippen molar-refractivity contribution in [2.45, 2.75) is 70.1 Å². The Labute approximate surface area is 112 Å². The van der Waals surface area contributed by atoms with Crippen LogP contribution in [0.5, 0.6) is 0 Å². The quantitative estimate of drug-likeness (QED) is 0.823. The van der Waals surface area contributed by atoms with Gasteiger partial charge in [-0.15, -0.1) is 0 Å². The Kier molecular flexibility index (Phi) is 3.92. The van der Waals surface area contributed by atoms with Crippen LogP contribution in [0.4, 0.5) is 0 Å². The van der Waals surface area contributed by atoms with Crippen molar-refractivity contribution in [3.05, 3.63) is 0 Å². The fourth-order valence-corrected chi connectivity index (χ4v) is 4.10. The van der Waals surface area contributed by atoms with Crippen molar-refractivity contribution in [1.82, 2.24) is 15.1 Å². The monoisotopic (exact) mass is 251 g/mol. The van der Waals surface area contributed by atoms with E-state index in [0.29, 0.717) is 6.04 Å². The molecule has 3 heteroatoms. The molecular weight excluding hydrogens is 222 g/mol. The highest BCUT2D eigenvalue weighted by atomic mass is 15.2. The second kappa shape index (κ2) is 5.48. The van der Waals surface area contributed by atoms with Crippen molar-refractivity contribution in [1.29, 1.82) is 0 Å². The molecule has 0 spiro atoms. The summed E-state index contributed by atoms with van der Waals surface area (Å²) in [5.74, 6) is 0. The molecule has 3 saturated heterocycles. The first-order valence-corrected chi connectivity index (χ1v) is 7.96. The smallest absolute Gasteiger partial charge is 0.0209 e. The third-order valence-electron chi connectivity index (χ3n) is 5.24. The van der Waals surface area contributed by atoms with Gasteiger partial charge in [0.2, 0.25) is 0 Å². The molecule has 3 aliphatic heterocycles. The molecule has 3 rings (SSSR count). The van der Waals surface area contributed by atoms with Crippen LogP contribution in [0.25, 0.3) is 0 Å². The summed E-state index contributed by atoms with van der Waals surface area (Å²) in [4.78, 5) is 5.33. The van der Waals surface area contributed by atoms with E-state index in [4.69, 9.17) is 0 Å². The first-order chi connectivity index (χ1) is 8.72. The van der Waals surface area contributed by atoms with Crippen LogP contribution >= 0.6 is 0 Å². The highest BCUT2D eigenvalue weighted by Crippen LogP contribution is 2.27. The average Bonchev–Trinajstić information content (AvgIpc) is 2.96. The second-order valence-corrected chi connectivity index (χ2v) is 6.79. The molecule has 0 bridgehead atoms. The van der Waals surface area contributed by atoms with E-state index in [2.05, 4.69) is 29.0 Å². The van der Waals surface area contributed by atoms with Crippen molar-refractivity contribution in [3.63, 3.8) is 0 Å². The number of nitrogens with one attached hydrogen (secondary N) is 1. The first kappa shape index (κ1) is 12.9. The van der Waals surface area contributed by atoms with Crippen molar-refractivity contribution in [3.8, 4) is 0 Å². The molecular formula is C15H29N3. The van der Waals surface area contributed by atoms with Gasteiger partial charge in [0.25, 0.3) is 0 Å². The van der Waals surface area contributed by atoms with E-state index >= 15 is 0 Å². The minimum atomic E-state index is 0.716. The van der Waals surface area contributed by atoms with Crippen molar-refractivity contribution < 1.29 is 0 Å². The number of hydrogen-bond donors (Lipinski definition) is 1. The topological polar surface area (TPSA) is 18.5 Å². The Morgan fingerprint density at radius 2 is 1.83 bits per heavy atom. The Balaban J connectivity index is 1.46. The number of likely N-dealkylation sites (tertiary alicyclic amines) is 1. The van der Waals surface area contributed by atoms with Crippen LogP contribution < -0.4 is 5.32 Å². The molecule has 104 valence electrons. The Hall–Kier alpha value is -0.120. The first-order valence-electron chi connectivity index (χ1n) is 7.96. The summed E-state index contributed by atoms with van der Waals surface area (Å²) < 4.78 is 0. The number of nitrogens with zero attached hydrogens (tertiary/aromatic N) is 2. The van der Waals surface area contributed by atoms with Crippen LogP contribution in [0.15, 0.2) is 0 Å². The van der Waals surface area contributed by atoms with E-state index in [1.165, 1.54) is 58.3 Å². The van der Waals surface area contributed by atoms with Crippen LogP contribution in [-0.4, -0.2) is 60.1 Å². The SMILES string of the molecule is CC(C)N1CCC(NC2CCN3CCCC3C2)C1. The number of rotatable bonds is 3. The van der Waals surface area contributed by atoms with E-state index in [1.807, 2.05) is 0 Å². The minimum absolute atomic E-state index is 0.716. The van der Waals surface area contributed by atoms with Gasteiger partial charge in [-0.25, -0.2) is 0 Å². The molecule has 0 aromatic rings. The lowest BCUT2D eigenvalue weighted by Crippen LogP contribution is -2.49. The molecule has 0 amide bonds. The van der Waals surface area contributed by atoms with Gasteiger partial charge in [-0.05, 0) is 65.6 Å². The molecule has 0 aromatic carbocycles. The molecule has 3 nitrogen and oxygen atoms in total. The highest BCUT2D eigenvalue weighted by molar-refractivity contribution is 4.92. The molecule has 3 aliphatic rings. The predicted molar refractivity (Wildman–Crippen MR) is 75.9 cm³/mol. The third-order valence-corrected chi connectivity index (χ3v) is 5.24. The molecule has 3 fully saturated rings. The number of hydrogen-bond acceptors (Lipinski definition) is 3. The molecule has 0 aromatic heterocycles. The number of piperidine rings is 1. The van der Waals surface area contributed by atoms with Gasteiger partial charge in [-0.3, -0.25) is 4.90 Å². The van der Waals surface area contributed by atoms with Crippen LogP contribution in [0.1, 0.15) is 46.0 Å². The Morgan fingerprint density at radius 1 is 1.00 bits per heavy atom. The van der Waals surface area contributed by atoms with Crippen molar-refractivity contribution in [2.75, 3.05) is 26.2 Å². The number of fused-ring (bicyclic) bond motifs is 1. The zero-order valence-electron chi connectivity index (χ0n) is 12.1. The van der Waals surface area contributed by atoms with Gasteiger partial charge in [0.05, 0.1) is 0 Å². The van der Waals surface area contributed by atoms with E-state index in [9.17, 15) is 0 Å². The van der Waals surface area contributed by atoms with Crippen molar-refractivity contribution in [2.24, 2.45) is 0 Å². The van der Waals surface area contributed by atoms with Gasteiger partial charge in [0.15, 0.2) is 0 Å². The lowest BCUT2D eigenvalue weighted by atomic mass is 9.97. The normalized spacial score (nSPS) is 38.5. The summed E-state index contributed by atoms with van der Waals surface area (Å²) in [6, 6.07) is 3.17. The maximum absolute atomic E-state index is 3.95. The molecule has 18 heavy (non-hydrogen) atoms. The van der Waals surface area contributed by atoms with E-state index in [-0.39, 0.29) is 0 Å². The zero-order valence-corrected chi connectivity index (χ0v) is 12.1. The van der Waals surface area contributed by atoms with Gasteiger partial charge in [0, 0.05) is 30.7 Å². The largest absolute Gasteiger partial charge is 0.310 e. The average molecular weight is 251 g/mol. The highest BCUT2D eigenvalue weighted by Gasteiger charge is 2.33. The standard InChI is InChI=1S/C15H29N3/c1-12(2)18-9-6-14(11-18)16-13-5-8-17-7-3-4-15(17)10-13/h12-16H,3-11H2,1-2H3. The van der Waals surface area contributed by atoms with E-state index < -0.39 is 0 Å².